The van der Waals surface area contributed by atoms with Gasteiger partial charge in [0.2, 0.25) is 4.77 Å². The molecule has 0 radical (unpaired) electrons. The quantitative estimate of drug-likeness (QED) is 0.571. The number of nitrogens with zero attached hydrogens (tertiary/aromatic N) is 1. The van der Waals surface area contributed by atoms with E-state index >= 15 is 0 Å². The summed E-state index contributed by atoms with van der Waals surface area (Å²) in [6.07, 6.45) is 0. The van der Waals surface area contributed by atoms with Gasteiger partial charge in [0.25, 0.3) is 0 Å². The first-order valence-electron chi connectivity index (χ1n) is 6.09. The molecule has 20 heavy (non-hydrogen) atoms. The Kier molecular flexibility index (Phi) is 3.26. The Morgan fingerprint density at radius 2 is 1.55 bits per heavy atom. The third-order valence-electron chi connectivity index (χ3n) is 2.96. The fraction of sp³-hybridized carbons (Fsp3) is 0. The van der Waals surface area contributed by atoms with Crippen molar-refractivity contribution in [3.05, 3.63) is 70.5 Å². The van der Waals surface area contributed by atoms with Crippen molar-refractivity contribution < 1.29 is 4.79 Å². The summed E-state index contributed by atoms with van der Waals surface area (Å²) >= 11 is 4.91. The van der Waals surface area contributed by atoms with Crippen LogP contribution in [0, 0.1) is 4.77 Å². The van der Waals surface area contributed by atoms with Crippen LogP contribution >= 0.6 is 12.2 Å². The van der Waals surface area contributed by atoms with Crippen molar-refractivity contribution in [2.24, 2.45) is 0 Å². The molecule has 0 saturated carbocycles. The molecule has 1 heterocycles. The molecule has 0 aliphatic rings. The smallest absolute Gasteiger partial charge is 0.213 e. The second kappa shape index (κ2) is 5.22. The first-order valence-corrected chi connectivity index (χ1v) is 6.50. The van der Waals surface area contributed by atoms with E-state index in [0.717, 1.165) is 5.56 Å². The second-order valence-corrected chi connectivity index (χ2v) is 4.67. The van der Waals surface area contributed by atoms with Crippen molar-refractivity contribution in [3.8, 4) is 11.4 Å². The molecule has 0 unspecified atom stereocenters. The Morgan fingerprint density at radius 3 is 2.15 bits per heavy atom. The molecular weight excluding hydrogens is 270 g/mol. The molecule has 0 saturated heterocycles. The number of H-pyrrole nitrogens is 2. The largest absolute Gasteiger partial charge is 0.289 e. The summed E-state index contributed by atoms with van der Waals surface area (Å²) in [5.41, 5.74) is 2.20. The number of aromatic nitrogens is 3. The molecule has 0 spiro atoms. The molecule has 0 atom stereocenters. The molecular formula is C15H11N3OS. The van der Waals surface area contributed by atoms with Gasteiger partial charge in [0, 0.05) is 16.7 Å². The summed E-state index contributed by atoms with van der Waals surface area (Å²) in [4.78, 5) is 16.4. The van der Waals surface area contributed by atoms with Crippen LogP contribution in [0.2, 0.25) is 0 Å². The molecule has 2 N–H and O–H groups in total. The van der Waals surface area contributed by atoms with Crippen molar-refractivity contribution in [2.45, 2.75) is 0 Å². The number of hydrogen-bond donors (Lipinski definition) is 2. The van der Waals surface area contributed by atoms with E-state index in [-0.39, 0.29) is 5.78 Å². The van der Waals surface area contributed by atoms with Crippen LogP contribution in [-0.4, -0.2) is 21.0 Å². The minimum Gasteiger partial charge on any atom is -0.289 e. The number of benzene rings is 2. The van der Waals surface area contributed by atoms with Crippen molar-refractivity contribution in [2.75, 3.05) is 0 Å². The third-order valence-corrected chi connectivity index (χ3v) is 3.15. The molecule has 3 rings (SSSR count). The molecule has 4 nitrogen and oxygen atoms in total. The maximum Gasteiger partial charge on any atom is 0.213 e. The zero-order valence-electron chi connectivity index (χ0n) is 10.5. The van der Waals surface area contributed by atoms with Gasteiger partial charge in [-0.1, -0.05) is 54.6 Å². The molecule has 3 aromatic rings. The van der Waals surface area contributed by atoms with E-state index in [4.69, 9.17) is 12.2 Å². The first kappa shape index (κ1) is 12.5. The third kappa shape index (κ3) is 2.44. The summed E-state index contributed by atoms with van der Waals surface area (Å²) < 4.78 is 0.407. The number of carbonyl (C=O) groups is 1. The van der Waals surface area contributed by atoms with E-state index < -0.39 is 0 Å². The van der Waals surface area contributed by atoms with Crippen LogP contribution in [0.5, 0.6) is 0 Å². The van der Waals surface area contributed by atoms with E-state index in [1.54, 1.807) is 24.3 Å². The Labute approximate surface area is 120 Å². The minimum absolute atomic E-state index is 0.00659. The predicted octanol–water partition coefficient (Wildman–Crippen LogP) is 3.37. The van der Waals surface area contributed by atoms with Gasteiger partial charge in [-0.3, -0.25) is 15.0 Å². The fourth-order valence-corrected chi connectivity index (χ4v) is 2.08. The van der Waals surface area contributed by atoms with Gasteiger partial charge >= 0.3 is 0 Å². The van der Waals surface area contributed by atoms with E-state index in [0.29, 0.717) is 21.7 Å². The average Bonchev–Trinajstić information content (AvgIpc) is 2.94. The standard InChI is InChI=1S/C15H11N3OS/c19-13(10-4-2-1-3-5-10)11-6-8-12(9-7-11)14-16-15(20)18-17-14/h1-9H,(H2,16,17,18,20). The lowest BCUT2D eigenvalue weighted by Crippen LogP contribution is -2.00. The van der Waals surface area contributed by atoms with E-state index in [1.807, 2.05) is 30.3 Å². The Morgan fingerprint density at radius 1 is 0.900 bits per heavy atom. The molecule has 0 aliphatic heterocycles. The fourth-order valence-electron chi connectivity index (χ4n) is 1.94. The van der Waals surface area contributed by atoms with Crippen molar-refractivity contribution in [1.82, 2.24) is 15.2 Å². The lowest BCUT2D eigenvalue weighted by molar-refractivity contribution is 0.103. The highest BCUT2D eigenvalue weighted by Crippen LogP contribution is 2.17. The Bertz CT molecular complexity index is 788. The summed E-state index contributed by atoms with van der Waals surface area (Å²) in [5, 5.41) is 5.62. The van der Waals surface area contributed by atoms with E-state index in [9.17, 15) is 4.79 Å². The van der Waals surface area contributed by atoms with E-state index in [2.05, 4.69) is 15.2 Å². The van der Waals surface area contributed by atoms with Gasteiger partial charge in [0.1, 0.15) is 0 Å². The lowest BCUT2D eigenvalue weighted by atomic mass is 10.0. The maximum atomic E-state index is 12.3. The summed E-state index contributed by atoms with van der Waals surface area (Å²) in [6, 6.07) is 16.5. The topological polar surface area (TPSA) is 61.5 Å². The normalized spacial score (nSPS) is 10.4. The summed E-state index contributed by atoms with van der Waals surface area (Å²) in [7, 11) is 0. The minimum atomic E-state index is 0.00659. The van der Waals surface area contributed by atoms with Crippen LogP contribution in [-0.2, 0) is 0 Å². The molecule has 1 aromatic heterocycles. The summed E-state index contributed by atoms with van der Waals surface area (Å²) in [6.45, 7) is 0. The monoisotopic (exact) mass is 281 g/mol. The maximum absolute atomic E-state index is 12.3. The number of carbonyl (C=O) groups excluding carboxylic acids is 1. The van der Waals surface area contributed by atoms with Crippen LogP contribution < -0.4 is 0 Å². The van der Waals surface area contributed by atoms with Gasteiger partial charge in [-0.25, -0.2) is 0 Å². The number of hydrogen-bond acceptors (Lipinski definition) is 3. The van der Waals surface area contributed by atoms with Crippen LogP contribution in [0.4, 0.5) is 0 Å². The molecule has 0 bridgehead atoms. The van der Waals surface area contributed by atoms with Gasteiger partial charge in [-0.2, -0.15) is 4.98 Å². The van der Waals surface area contributed by atoms with Gasteiger partial charge < -0.3 is 0 Å². The zero-order chi connectivity index (χ0) is 13.9. The molecule has 2 aromatic carbocycles. The molecule has 0 aliphatic carbocycles. The van der Waals surface area contributed by atoms with Crippen LogP contribution in [0.3, 0.4) is 0 Å². The van der Waals surface area contributed by atoms with Crippen LogP contribution in [0.1, 0.15) is 15.9 Å². The Balaban J connectivity index is 1.90. The highest BCUT2D eigenvalue weighted by molar-refractivity contribution is 7.71. The zero-order valence-corrected chi connectivity index (χ0v) is 11.3. The first-order chi connectivity index (χ1) is 9.74. The summed E-state index contributed by atoms with van der Waals surface area (Å²) in [5.74, 6) is 0.667. The number of aromatic amines is 2. The highest BCUT2D eigenvalue weighted by Gasteiger charge is 2.09. The van der Waals surface area contributed by atoms with Crippen molar-refractivity contribution in [3.63, 3.8) is 0 Å². The molecule has 0 fully saturated rings. The molecule has 0 amide bonds. The van der Waals surface area contributed by atoms with Gasteiger partial charge in [0.05, 0.1) is 0 Å². The van der Waals surface area contributed by atoms with Crippen LogP contribution in [0.25, 0.3) is 11.4 Å². The van der Waals surface area contributed by atoms with E-state index in [1.165, 1.54) is 0 Å². The SMILES string of the molecule is O=C(c1ccccc1)c1ccc(-c2nc(=S)[nH][nH]2)cc1. The van der Waals surface area contributed by atoms with Gasteiger partial charge in [0.15, 0.2) is 11.6 Å². The molecule has 5 heteroatoms. The number of nitrogens with one attached hydrogen (secondary N) is 2. The second-order valence-electron chi connectivity index (χ2n) is 4.29. The Hall–Kier alpha value is -2.53. The average molecular weight is 281 g/mol. The van der Waals surface area contributed by atoms with Crippen molar-refractivity contribution >= 4 is 18.0 Å². The van der Waals surface area contributed by atoms with Gasteiger partial charge in [-0.15, -0.1) is 0 Å². The number of rotatable bonds is 3. The van der Waals surface area contributed by atoms with Crippen molar-refractivity contribution in [1.29, 1.82) is 0 Å². The van der Waals surface area contributed by atoms with Gasteiger partial charge in [-0.05, 0) is 12.2 Å². The predicted molar refractivity (Wildman–Crippen MR) is 79.1 cm³/mol. The lowest BCUT2D eigenvalue weighted by Gasteiger charge is -2.02. The number of ketones is 1. The molecule has 98 valence electrons. The highest BCUT2D eigenvalue weighted by atomic mass is 32.1. The van der Waals surface area contributed by atoms with Crippen LogP contribution in [0.15, 0.2) is 54.6 Å².